The SMILES string of the molecule is NC(=O)[C@@H]1C[C@@H](F)CN1C(=O)c1cnn(Cc2ccccc2)c1. The van der Waals surface area contributed by atoms with Crippen molar-refractivity contribution in [2.75, 3.05) is 6.54 Å². The first-order chi connectivity index (χ1) is 11.0. The number of benzene rings is 1. The van der Waals surface area contributed by atoms with Gasteiger partial charge in [-0.15, -0.1) is 0 Å². The zero-order chi connectivity index (χ0) is 16.4. The van der Waals surface area contributed by atoms with Crippen LogP contribution < -0.4 is 5.73 Å². The predicted molar refractivity (Wildman–Crippen MR) is 81.3 cm³/mol. The fraction of sp³-hybridized carbons (Fsp3) is 0.312. The molecule has 0 bridgehead atoms. The first-order valence-corrected chi connectivity index (χ1v) is 7.35. The fourth-order valence-corrected chi connectivity index (χ4v) is 2.78. The van der Waals surface area contributed by atoms with Crippen LogP contribution in [-0.2, 0) is 11.3 Å². The smallest absolute Gasteiger partial charge is 0.257 e. The number of likely N-dealkylation sites (tertiary alicyclic amines) is 1. The Morgan fingerprint density at radius 2 is 2.04 bits per heavy atom. The Morgan fingerprint density at radius 1 is 1.30 bits per heavy atom. The van der Waals surface area contributed by atoms with Crippen LogP contribution in [0.3, 0.4) is 0 Å². The second-order valence-corrected chi connectivity index (χ2v) is 5.62. The van der Waals surface area contributed by atoms with Gasteiger partial charge in [-0.3, -0.25) is 14.3 Å². The molecule has 6 nitrogen and oxygen atoms in total. The Bertz CT molecular complexity index is 716. The van der Waals surface area contributed by atoms with E-state index in [4.69, 9.17) is 5.73 Å². The molecule has 0 spiro atoms. The maximum atomic E-state index is 13.5. The number of carbonyl (C=O) groups is 2. The van der Waals surface area contributed by atoms with Crippen molar-refractivity contribution in [3.63, 3.8) is 0 Å². The molecule has 1 aliphatic rings. The molecule has 0 aliphatic carbocycles. The van der Waals surface area contributed by atoms with Crippen LogP contribution >= 0.6 is 0 Å². The lowest BCUT2D eigenvalue weighted by Gasteiger charge is -2.20. The molecule has 1 fully saturated rings. The molecule has 0 unspecified atom stereocenters. The summed E-state index contributed by atoms with van der Waals surface area (Å²) in [5.41, 5.74) is 6.62. The van der Waals surface area contributed by atoms with Gasteiger partial charge in [-0.25, -0.2) is 4.39 Å². The lowest BCUT2D eigenvalue weighted by Crippen LogP contribution is -2.43. The highest BCUT2D eigenvalue weighted by molar-refractivity contribution is 5.97. The maximum absolute atomic E-state index is 13.5. The Labute approximate surface area is 132 Å². The fourth-order valence-electron chi connectivity index (χ4n) is 2.78. The first-order valence-electron chi connectivity index (χ1n) is 7.35. The highest BCUT2D eigenvalue weighted by atomic mass is 19.1. The van der Waals surface area contributed by atoms with Gasteiger partial charge in [-0.1, -0.05) is 30.3 Å². The predicted octanol–water partition coefficient (Wildman–Crippen LogP) is 0.969. The third kappa shape index (κ3) is 3.23. The summed E-state index contributed by atoms with van der Waals surface area (Å²) in [7, 11) is 0. The van der Waals surface area contributed by atoms with Gasteiger partial charge in [-0.05, 0) is 5.56 Å². The lowest BCUT2D eigenvalue weighted by molar-refractivity contribution is -0.121. The number of primary amides is 1. The third-order valence-electron chi connectivity index (χ3n) is 3.91. The number of hydrogen-bond acceptors (Lipinski definition) is 3. The van der Waals surface area contributed by atoms with E-state index in [1.54, 1.807) is 10.9 Å². The van der Waals surface area contributed by atoms with Crippen molar-refractivity contribution in [3.05, 3.63) is 53.9 Å². The zero-order valence-electron chi connectivity index (χ0n) is 12.4. The minimum Gasteiger partial charge on any atom is -0.368 e. The summed E-state index contributed by atoms with van der Waals surface area (Å²) >= 11 is 0. The van der Waals surface area contributed by atoms with Crippen molar-refractivity contribution in [3.8, 4) is 0 Å². The summed E-state index contributed by atoms with van der Waals surface area (Å²) in [5, 5.41) is 4.15. The molecule has 120 valence electrons. The average Bonchev–Trinajstić information content (AvgIpc) is 3.14. The van der Waals surface area contributed by atoms with Crippen molar-refractivity contribution in [1.82, 2.24) is 14.7 Å². The van der Waals surface area contributed by atoms with E-state index in [9.17, 15) is 14.0 Å². The number of rotatable bonds is 4. The van der Waals surface area contributed by atoms with Crippen LogP contribution in [0.4, 0.5) is 4.39 Å². The number of alkyl halides is 1. The molecule has 0 radical (unpaired) electrons. The number of hydrogen-bond donors (Lipinski definition) is 1. The Morgan fingerprint density at radius 3 is 2.74 bits per heavy atom. The standard InChI is InChI=1S/C16H17FN4O2/c17-13-6-14(15(18)22)21(10-13)16(23)12-7-19-20(9-12)8-11-4-2-1-3-5-11/h1-5,7,9,13-14H,6,8,10H2,(H2,18,22)/t13-,14+/m1/s1. The molecule has 0 saturated carbocycles. The van der Waals surface area contributed by atoms with Gasteiger partial charge >= 0.3 is 0 Å². The van der Waals surface area contributed by atoms with Crippen LogP contribution in [-0.4, -0.2) is 45.3 Å². The highest BCUT2D eigenvalue weighted by Crippen LogP contribution is 2.22. The largest absolute Gasteiger partial charge is 0.368 e. The Balaban J connectivity index is 1.74. The minimum absolute atomic E-state index is 0.0424. The van der Waals surface area contributed by atoms with E-state index in [2.05, 4.69) is 5.10 Å². The van der Waals surface area contributed by atoms with Crippen molar-refractivity contribution < 1.29 is 14.0 Å². The van der Waals surface area contributed by atoms with E-state index in [0.717, 1.165) is 5.56 Å². The summed E-state index contributed by atoms with van der Waals surface area (Å²) in [6.45, 7) is 0.412. The van der Waals surface area contributed by atoms with Gasteiger partial charge in [0.15, 0.2) is 0 Å². The Kier molecular flexibility index (Phi) is 4.10. The molecule has 1 aromatic carbocycles. The molecule has 2 amide bonds. The van der Waals surface area contributed by atoms with Crippen LogP contribution in [0.1, 0.15) is 22.3 Å². The van der Waals surface area contributed by atoms with Crippen LogP contribution in [0.25, 0.3) is 0 Å². The van der Waals surface area contributed by atoms with Crippen molar-refractivity contribution in [2.45, 2.75) is 25.2 Å². The van der Waals surface area contributed by atoms with Gasteiger partial charge in [0.1, 0.15) is 12.2 Å². The van der Waals surface area contributed by atoms with E-state index in [1.165, 1.54) is 11.1 Å². The molecular formula is C16H17FN4O2. The summed E-state index contributed by atoms with van der Waals surface area (Å²) in [4.78, 5) is 25.0. The zero-order valence-corrected chi connectivity index (χ0v) is 12.4. The van der Waals surface area contributed by atoms with Gasteiger partial charge in [0, 0.05) is 12.6 Å². The molecule has 3 rings (SSSR count). The van der Waals surface area contributed by atoms with E-state index < -0.39 is 24.0 Å². The van der Waals surface area contributed by atoms with Gasteiger partial charge in [0.25, 0.3) is 5.91 Å². The normalized spacial score (nSPS) is 20.7. The molecular weight excluding hydrogens is 299 g/mol. The van der Waals surface area contributed by atoms with Gasteiger partial charge in [-0.2, -0.15) is 5.10 Å². The Hall–Kier alpha value is -2.70. The van der Waals surface area contributed by atoms with E-state index >= 15 is 0 Å². The van der Waals surface area contributed by atoms with Crippen LogP contribution in [0.2, 0.25) is 0 Å². The average molecular weight is 316 g/mol. The van der Waals surface area contributed by atoms with E-state index in [0.29, 0.717) is 12.1 Å². The molecule has 2 N–H and O–H groups in total. The molecule has 2 aromatic rings. The maximum Gasteiger partial charge on any atom is 0.257 e. The van der Waals surface area contributed by atoms with Crippen molar-refractivity contribution in [1.29, 1.82) is 0 Å². The first kappa shape index (κ1) is 15.2. The molecule has 1 saturated heterocycles. The monoisotopic (exact) mass is 316 g/mol. The van der Waals surface area contributed by atoms with Gasteiger partial charge in [0.2, 0.25) is 5.91 Å². The molecule has 2 heterocycles. The second-order valence-electron chi connectivity index (χ2n) is 5.62. The minimum atomic E-state index is -1.23. The molecule has 1 aliphatic heterocycles. The van der Waals surface area contributed by atoms with Crippen LogP contribution in [0.15, 0.2) is 42.7 Å². The number of nitrogens with zero attached hydrogens (tertiary/aromatic N) is 3. The van der Waals surface area contributed by atoms with E-state index in [1.807, 2.05) is 30.3 Å². The molecule has 1 aromatic heterocycles. The van der Waals surface area contributed by atoms with E-state index in [-0.39, 0.29) is 13.0 Å². The number of nitrogens with two attached hydrogens (primary N) is 1. The number of halogens is 1. The van der Waals surface area contributed by atoms with Crippen molar-refractivity contribution >= 4 is 11.8 Å². The molecule has 23 heavy (non-hydrogen) atoms. The number of aromatic nitrogens is 2. The van der Waals surface area contributed by atoms with Gasteiger partial charge in [0.05, 0.1) is 24.8 Å². The van der Waals surface area contributed by atoms with Crippen LogP contribution in [0.5, 0.6) is 0 Å². The summed E-state index contributed by atoms with van der Waals surface area (Å²) in [5.74, 6) is -1.11. The third-order valence-corrected chi connectivity index (χ3v) is 3.91. The quantitative estimate of drug-likeness (QED) is 0.912. The summed E-state index contributed by atoms with van der Waals surface area (Å²) in [6, 6.07) is 8.80. The number of amides is 2. The number of carbonyl (C=O) groups excluding carboxylic acids is 2. The lowest BCUT2D eigenvalue weighted by atomic mass is 10.2. The van der Waals surface area contributed by atoms with Crippen molar-refractivity contribution in [2.24, 2.45) is 5.73 Å². The molecule has 7 heteroatoms. The van der Waals surface area contributed by atoms with Gasteiger partial charge < -0.3 is 10.6 Å². The topological polar surface area (TPSA) is 81.2 Å². The second kappa shape index (κ2) is 6.20. The van der Waals surface area contributed by atoms with Crippen LogP contribution in [0, 0.1) is 0 Å². The summed E-state index contributed by atoms with van der Waals surface area (Å²) in [6.07, 6.45) is 1.75. The molecule has 2 atom stereocenters. The summed E-state index contributed by atoms with van der Waals surface area (Å²) < 4.78 is 15.2. The highest BCUT2D eigenvalue weighted by Gasteiger charge is 2.39.